The summed E-state index contributed by atoms with van der Waals surface area (Å²) in [6.45, 7) is 1.84. The number of hydrogen-bond acceptors (Lipinski definition) is 1. The third-order valence-corrected chi connectivity index (χ3v) is 2.31. The summed E-state index contributed by atoms with van der Waals surface area (Å²) in [5, 5.41) is 0.745. The van der Waals surface area contributed by atoms with Crippen LogP contribution in [0, 0.1) is 11.8 Å². The van der Waals surface area contributed by atoms with Gasteiger partial charge in [0.1, 0.15) is 0 Å². The minimum atomic E-state index is 0.0631. The predicted molar refractivity (Wildman–Crippen MR) is 61.1 cm³/mol. The molecule has 1 aromatic rings. The van der Waals surface area contributed by atoms with Gasteiger partial charge in [0.05, 0.1) is 0 Å². The molecule has 74 valence electrons. The summed E-state index contributed by atoms with van der Waals surface area (Å²) >= 11 is 5.78. The van der Waals surface area contributed by atoms with Gasteiger partial charge in [-0.2, -0.15) is 0 Å². The largest absolute Gasteiger partial charge is 0.324 e. The van der Waals surface area contributed by atoms with E-state index < -0.39 is 0 Å². The van der Waals surface area contributed by atoms with Crippen molar-refractivity contribution in [1.29, 1.82) is 0 Å². The Balaban J connectivity index is 2.54. The van der Waals surface area contributed by atoms with Crippen LogP contribution in [0.3, 0.4) is 0 Å². The molecule has 0 aliphatic heterocycles. The van der Waals surface area contributed by atoms with Gasteiger partial charge in [0, 0.05) is 17.5 Å². The first-order chi connectivity index (χ1) is 6.74. The monoisotopic (exact) mass is 207 g/mol. The number of benzene rings is 1. The quantitative estimate of drug-likeness (QED) is 0.758. The van der Waals surface area contributed by atoms with E-state index in [1.54, 1.807) is 0 Å². The minimum Gasteiger partial charge on any atom is -0.324 e. The molecule has 1 unspecified atom stereocenters. The van der Waals surface area contributed by atoms with Gasteiger partial charge in [-0.05, 0) is 31.0 Å². The molecule has 1 rings (SSSR count). The van der Waals surface area contributed by atoms with Crippen molar-refractivity contribution in [2.45, 2.75) is 25.8 Å². The lowest BCUT2D eigenvalue weighted by Gasteiger charge is -2.09. The molecular weight excluding hydrogens is 194 g/mol. The lowest BCUT2D eigenvalue weighted by atomic mass is 10.0. The summed E-state index contributed by atoms with van der Waals surface area (Å²) in [5.74, 6) is 5.86. The highest BCUT2D eigenvalue weighted by molar-refractivity contribution is 6.30. The van der Waals surface area contributed by atoms with Gasteiger partial charge < -0.3 is 5.73 Å². The molecule has 0 heterocycles. The number of halogens is 1. The maximum absolute atomic E-state index is 5.97. The Kier molecular flexibility index (Phi) is 4.52. The zero-order chi connectivity index (χ0) is 10.4. The third-order valence-electron chi connectivity index (χ3n) is 2.06. The van der Waals surface area contributed by atoms with Gasteiger partial charge in [-0.1, -0.05) is 23.7 Å². The van der Waals surface area contributed by atoms with Crippen LogP contribution in [0.4, 0.5) is 0 Å². The van der Waals surface area contributed by atoms with Gasteiger partial charge in [-0.25, -0.2) is 0 Å². The van der Waals surface area contributed by atoms with Crippen LogP contribution in [0.15, 0.2) is 24.3 Å². The lowest BCUT2D eigenvalue weighted by molar-refractivity contribution is 0.668. The summed E-state index contributed by atoms with van der Waals surface area (Å²) < 4.78 is 0. The van der Waals surface area contributed by atoms with Crippen molar-refractivity contribution in [3.8, 4) is 11.8 Å². The fourth-order valence-corrected chi connectivity index (χ4v) is 1.36. The predicted octanol–water partition coefficient (Wildman–Crippen LogP) is 3.14. The molecule has 0 amide bonds. The highest BCUT2D eigenvalue weighted by atomic mass is 35.5. The molecule has 0 aliphatic rings. The molecule has 0 bridgehead atoms. The molecule has 1 aromatic carbocycles. The van der Waals surface area contributed by atoms with E-state index in [-0.39, 0.29) is 6.04 Å². The maximum atomic E-state index is 5.97. The second-order valence-electron chi connectivity index (χ2n) is 3.12. The van der Waals surface area contributed by atoms with Crippen molar-refractivity contribution in [3.63, 3.8) is 0 Å². The zero-order valence-corrected chi connectivity index (χ0v) is 9.01. The molecule has 14 heavy (non-hydrogen) atoms. The second kappa shape index (κ2) is 5.70. The third kappa shape index (κ3) is 3.41. The van der Waals surface area contributed by atoms with E-state index in [4.69, 9.17) is 17.3 Å². The Morgan fingerprint density at radius 3 is 2.57 bits per heavy atom. The topological polar surface area (TPSA) is 26.0 Å². The molecule has 0 saturated heterocycles. The van der Waals surface area contributed by atoms with E-state index in [1.807, 2.05) is 31.2 Å². The van der Waals surface area contributed by atoms with Gasteiger partial charge in [0.25, 0.3) is 0 Å². The molecule has 2 heteroatoms. The Labute approximate surface area is 90.3 Å². The molecule has 0 saturated carbocycles. The van der Waals surface area contributed by atoms with E-state index in [2.05, 4.69) is 11.8 Å². The van der Waals surface area contributed by atoms with Gasteiger partial charge in [-0.15, -0.1) is 11.8 Å². The maximum Gasteiger partial charge on any atom is 0.0406 e. The van der Waals surface area contributed by atoms with E-state index in [9.17, 15) is 0 Å². The molecule has 0 radical (unpaired) electrons. The molecular formula is C12H14ClN. The van der Waals surface area contributed by atoms with E-state index in [0.717, 1.165) is 23.4 Å². The zero-order valence-electron chi connectivity index (χ0n) is 8.26. The first-order valence-electron chi connectivity index (χ1n) is 4.64. The summed E-state index contributed by atoms with van der Waals surface area (Å²) in [6, 6.07) is 7.72. The highest BCUT2D eigenvalue weighted by Gasteiger charge is 2.03. The Bertz CT molecular complexity index is 332. The van der Waals surface area contributed by atoms with E-state index in [0.29, 0.717) is 0 Å². The Morgan fingerprint density at radius 1 is 1.36 bits per heavy atom. The standard InChI is InChI=1S/C12H14ClN/c1-2-3-4-5-12(14)10-6-8-11(13)9-7-10/h6-9,12H,4-5,14H2,1H3. The minimum absolute atomic E-state index is 0.0631. The van der Waals surface area contributed by atoms with Crippen LogP contribution < -0.4 is 5.73 Å². The molecule has 0 aromatic heterocycles. The van der Waals surface area contributed by atoms with Crippen LogP contribution in [0.5, 0.6) is 0 Å². The van der Waals surface area contributed by atoms with Crippen LogP contribution >= 0.6 is 11.6 Å². The van der Waals surface area contributed by atoms with Crippen LogP contribution in [0.1, 0.15) is 31.4 Å². The fourth-order valence-electron chi connectivity index (χ4n) is 1.23. The summed E-state index contributed by atoms with van der Waals surface area (Å²) in [4.78, 5) is 0. The van der Waals surface area contributed by atoms with Crippen molar-refractivity contribution in [1.82, 2.24) is 0 Å². The highest BCUT2D eigenvalue weighted by Crippen LogP contribution is 2.17. The average molecular weight is 208 g/mol. The molecule has 0 fully saturated rings. The van der Waals surface area contributed by atoms with Crippen LogP contribution in [0.25, 0.3) is 0 Å². The molecule has 0 aliphatic carbocycles. The SMILES string of the molecule is CC#CCCC(N)c1ccc(Cl)cc1. The molecule has 2 N–H and O–H groups in total. The van der Waals surface area contributed by atoms with Crippen LogP contribution in [0.2, 0.25) is 5.02 Å². The summed E-state index contributed by atoms with van der Waals surface area (Å²) in [7, 11) is 0. The first-order valence-corrected chi connectivity index (χ1v) is 5.02. The average Bonchev–Trinajstić information content (AvgIpc) is 2.19. The smallest absolute Gasteiger partial charge is 0.0406 e. The Morgan fingerprint density at radius 2 is 2.00 bits per heavy atom. The first kappa shape index (κ1) is 11.1. The van der Waals surface area contributed by atoms with Crippen molar-refractivity contribution in [2.75, 3.05) is 0 Å². The van der Waals surface area contributed by atoms with Crippen molar-refractivity contribution in [3.05, 3.63) is 34.9 Å². The van der Waals surface area contributed by atoms with Crippen molar-refractivity contribution < 1.29 is 0 Å². The summed E-state index contributed by atoms with van der Waals surface area (Å²) in [6.07, 6.45) is 1.74. The van der Waals surface area contributed by atoms with Gasteiger partial charge >= 0.3 is 0 Å². The van der Waals surface area contributed by atoms with Gasteiger partial charge in [0.15, 0.2) is 0 Å². The van der Waals surface area contributed by atoms with E-state index >= 15 is 0 Å². The van der Waals surface area contributed by atoms with Crippen molar-refractivity contribution in [2.24, 2.45) is 5.73 Å². The molecule has 1 atom stereocenters. The lowest BCUT2D eigenvalue weighted by Crippen LogP contribution is -2.09. The van der Waals surface area contributed by atoms with Gasteiger partial charge in [0.2, 0.25) is 0 Å². The molecule has 1 nitrogen and oxygen atoms in total. The fraction of sp³-hybridized carbons (Fsp3) is 0.333. The van der Waals surface area contributed by atoms with Gasteiger partial charge in [-0.3, -0.25) is 0 Å². The van der Waals surface area contributed by atoms with Crippen molar-refractivity contribution >= 4 is 11.6 Å². The summed E-state index contributed by atoms with van der Waals surface area (Å²) in [5.41, 5.74) is 7.09. The van der Waals surface area contributed by atoms with Crippen LogP contribution in [-0.4, -0.2) is 0 Å². The second-order valence-corrected chi connectivity index (χ2v) is 3.56. The number of rotatable bonds is 3. The number of hydrogen-bond donors (Lipinski definition) is 1. The normalized spacial score (nSPS) is 11.6. The number of nitrogens with two attached hydrogens (primary N) is 1. The molecule has 0 spiro atoms. The van der Waals surface area contributed by atoms with E-state index in [1.165, 1.54) is 0 Å². The Hall–Kier alpha value is -0.970. The van der Waals surface area contributed by atoms with Crippen LogP contribution in [-0.2, 0) is 0 Å².